The van der Waals surface area contributed by atoms with Gasteiger partial charge in [0.25, 0.3) is 0 Å². The van der Waals surface area contributed by atoms with E-state index >= 15 is 0 Å². The average Bonchev–Trinajstić information content (AvgIpc) is 2.64. The molecule has 11 heavy (non-hydrogen) atoms. The van der Waals surface area contributed by atoms with E-state index in [1.165, 1.54) is 0 Å². The van der Waals surface area contributed by atoms with Crippen molar-refractivity contribution in [2.75, 3.05) is 6.61 Å². The van der Waals surface area contributed by atoms with Crippen LogP contribution < -0.4 is 0 Å². The Morgan fingerprint density at radius 1 is 1.45 bits per heavy atom. The van der Waals surface area contributed by atoms with Crippen LogP contribution in [0.1, 0.15) is 33.6 Å². The molecule has 1 N–H and O–H groups in total. The van der Waals surface area contributed by atoms with Crippen molar-refractivity contribution < 1.29 is 9.66 Å². The largest absolute Gasteiger partial charge is 0.615 e. The first-order chi connectivity index (χ1) is 4.92. The highest BCUT2D eigenvalue weighted by molar-refractivity contribution is 7.94. The average molecular weight is 176 g/mol. The van der Waals surface area contributed by atoms with Crippen LogP contribution in [0.25, 0.3) is 0 Å². The van der Waals surface area contributed by atoms with Crippen LogP contribution in [0.3, 0.4) is 0 Å². The van der Waals surface area contributed by atoms with Gasteiger partial charge in [-0.3, -0.25) is 0 Å². The van der Waals surface area contributed by atoms with Crippen molar-refractivity contribution in [1.29, 1.82) is 0 Å². The van der Waals surface area contributed by atoms with E-state index in [-0.39, 0.29) is 16.1 Å². The van der Waals surface area contributed by atoms with Gasteiger partial charge in [-0.25, -0.2) is 0 Å². The lowest BCUT2D eigenvalue weighted by Gasteiger charge is -2.30. The molecule has 1 unspecified atom stereocenters. The van der Waals surface area contributed by atoms with Gasteiger partial charge in [0.2, 0.25) is 0 Å². The van der Waals surface area contributed by atoms with E-state index in [1.54, 1.807) is 0 Å². The predicted octanol–water partition coefficient (Wildman–Crippen LogP) is 1.06. The lowest BCUT2D eigenvalue weighted by Crippen LogP contribution is -2.40. The maximum absolute atomic E-state index is 11.7. The molecule has 1 saturated carbocycles. The molecule has 0 radical (unpaired) electrons. The third kappa shape index (κ3) is 1.71. The first-order valence-corrected chi connectivity index (χ1v) is 5.10. The lowest BCUT2D eigenvalue weighted by atomic mass is 10.3. The highest BCUT2D eigenvalue weighted by atomic mass is 32.2. The van der Waals surface area contributed by atoms with Crippen LogP contribution in [-0.2, 0) is 11.2 Å². The van der Waals surface area contributed by atoms with E-state index in [0.717, 1.165) is 12.8 Å². The molecule has 0 spiro atoms. The van der Waals surface area contributed by atoms with Crippen molar-refractivity contribution >= 4 is 11.2 Å². The summed E-state index contributed by atoms with van der Waals surface area (Å²) in [6.45, 7) is 5.95. The van der Waals surface area contributed by atoms with Gasteiger partial charge >= 0.3 is 0 Å². The normalized spacial score (nSPS) is 24.8. The van der Waals surface area contributed by atoms with Crippen molar-refractivity contribution in [3.05, 3.63) is 0 Å². The second kappa shape index (κ2) is 2.64. The van der Waals surface area contributed by atoms with Gasteiger partial charge in [-0.2, -0.15) is 0 Å². The Hall–Kier alpha value is 0.270. The van der Waals surface area contributed by atoms with Gasteiger partial charge in [0.05, 0.1) is 6.61 Å². The number of aliphatic hydroxyl groups is 1. The van der Waals surface area contributed by atoms with Gasteiger partial charge in [-0.15, -0.1) is 0 Å². The minimum absolute atomic E-state index is 0.0802. The van der Waals surface area contributed by atoms with E-state index < -0.39 is 11.2 Å². The van der Waals surface area contributed by atoms with Crippen molar-refractivity contribution in [3.63, 3.8) is 0 Å². The van der Waals surface area contributed by atoms with Crippen molar-refractivity contribution in [1.82, 2.24) is 0 Å². The maximum atomic E-state index is 11.7. The van der Waals surface area contributed by atoms with Crippen LogP contribution in [0.2, 0.25) is 0 Å². The number of hydrogen-bond donors (Lipinski definition) is 1. The summed E-state index contributed by atoms with van der Waals surface area (Å²) in [4.78, 5) is 0. The molecule has 1 rings (SSSR count). The molecule has 66 valence electrons. The SMILES string of the molecule is CC(C)(C)[S+]([O-])C1(CO)CC1. The summed E-state index contributed by atoms with van der Waals surface area (Å²) >= 11 is -0.887. The molecule has 0 aliphatic heterocycles. The molecule has 0 aromatic carbocycles. The third-order valence-corrected chi connectivity index (χ3v) is 4.48. The van der Waals surface area contributed by atoms with E-state index in [2.05, 4.69) is 0 Å². The van der Waals surface area contributed by atoms with Gasteiger partial charge < -0.3 is 9.66 Å². The summed E-state index contributed by atoms with van der Waals surface area (Å²) in [7, 11) is 0. The molecule has 1 aliphatic carbocycles. The zero-order chi connectivity index (χ0) is 8.70. The van der Waals surface area contributed by atoms with Crippen molar-refractivity contribution in [3.8, 4) is 0 Å². The molecule has 0 aromatic heterocycles. The second-order valence-electron chi connectivity index (χ2n) is 4.22. The first kappa shape index (κ1) is 9.36. The van der Waals surface area contributed by atoms with Crippen LogP contribution in [-0.4, -0.2) is 25.8 Å². The van der Waals surface area contributed by atoms with Crippen LogP contribution in [0, 0.1) is 0 Å². The van der Waals surface area contributed by atoms with Gasteiger partial charge in [0, 0.05) is 12.8 Å². The minimum atomic E-state index is -0.887. The van der Waals surface area contributed by atoms with Gasteiger partial charge in [0.15, 0.2) is 0 Å². The van der Waals surface area contributed by atoms with Crippen molar-refractivity contribution in [2.45, 2.75) is 43.1 Å². The predicted molar refractivity (Wildman–Crippen MR) is 46.9 cm³/mol. The molecule has 0 saturated heterocycles. The van der Waals surface area contributed by atoms with Gasteiger partial charge in [0.1, 0.15) is 9.49 Å². The monoisotopic (exact) mass is 176 g/mol. The molecule has 3 heteroatoms. The molecule has 0 bridgehead atoms. The van der Waals surface area contributed by atoms with Gasteiger partial charge in [-0.05, 0) is 31.9 Å². The summed E-state index contributed by atoms with van der Waals surface area (Å²) in [6, 6.07) is 0. The topological polar surface area (TPSA) is 43.3 Å². The quantitative estimate of drug-likeness (QED) is 0.639. The number of aliphatic hydroxyl groups excluding tert-OH is 1. The zero-order valence-electron chi connectivity index (χ0n) is 7.39. The summed E-state index contributed by atoms with van der Waals surface area (Å²) < 4.78 is 11.3. The molecule has 1 atom stereocenters. The van der Waals surface area contributed by atoms with E-state index in [9.17, 15) is 4.55 Å². The van der Waals surface area contributed by atoms with E-state index in [4.69, 9.17) is 5.11 Å². The fourth-order valence-corrected chi connectivity index (χ4v) is 3.08. The van der Waals surface area contributed by atoms with Crippen molar-refractivity contribution in [2.24, 2.45) is 0 Å². The van der Waals surface area contributed by atoms with E-state index in [1.807, 2.05) is 20.8 Å². The molecule has 2 nitrogen and oxygen atoms in total. The first-order valence-electron chi connectivity index (χ1n) is 3.95. The molecule has 1 aliphatic rings. The Kier molecular flexibility index (Phi) is 2.25. The third-order valence-electron chi connectivity index (χ3n) is 2.05. The molecule has 1 fully saturated rings. The summed E-state index contributed by atoms with van der Waals surface area (Å²) in [5, 5.41) is 9.00. The molecular formula is C8H16O2S. The Bertz CT molecular complexity index is 147. The number of rotatable bonds is 2. The van der Waals surface area contributed by atoms with E-state index in [0.29, 0.717) is 0 Å². The van der Waals surface area contributed by atoms with Crippen LogP contribution in [0.15, 0.2) is 0 Å². The lowest BCUT2D eigenvalue weighted by molar-refractivity contribution is 0.281. The second-order valence-corrected chi connectivity index (χ2v) is 6.85. The Morgan fingerprint density at radius 3 is 2.00 bits per heavy atom. The summed E-state index contributed by atoms with van der Waals surface area (Å²) in [5.74, 6) is 0. The zero-order valence-corrected chi connectivity index (χ0v) is 8.20. The standard InChI is InChI=1S/C8H16O2S/c1-7(2,3)11(10)8(6-9)4-5-8/h9H,4-6H2,1-3H3. The Balaban J connectivity index is 2.61. The molecule has 0 aromatic rings. The fourth-order valence-electron chi connectivity index (χ4n) is 1.19. The summed E-state index contributed by atoms with van der Waals surface area (Å²) in [5.41, 5.74) is 0. The van der Waals surface area contributed by atoms with Crippen LogP contribution in [0.4, 0.5) is 0 Å². The Morgan fingerprint density at radius 2 is 1.91 bits per heavy atom. The van der Waals surface area contributed by atoms with Crippen LogP contribution in [0.5, 0.6) is 0 Å². The molecule has 0 heterocycles. The Labute approximate surface area is 71.2 Å². The van der Waals surface area contributed by atoms with Gasteiger partial charge in [-0.1, -0.05) is 0 Å². The highest BCUT2D eigenvalue weighted by Crippen LogP contribution is 2.47. The summed E-state index contributed by atoms with van der Waals surface area (Å²) in [6.07, 6.45) is 1.85. The maximum Gasteiger partial charge on any atom is 0.149 e. The van der Waals surface area contributed by atoms with Crippen LogP contribution >= 0.6 is 0 Å². The molecular weight excluding hydrogens is 160 g/mol. The fraction of sp³-hybridized carbons (Fsp3) is 1.00. The number of hydrogen-bond acceptors (Lipinski definition) is 2. The smallest absolute Gasteiger partial charge is 0.149 e. The minimum Gasteiger partial charge on any atom is -0.615 e. The highest BCUT2D eigenvalue weighted by Gasteiger charge is 2.57. The molecule has 0 amide bonds.